The Bertz CT molecular complexity index is 228. The lowest BCUT2D eigenvalue weighted by Crippen LogP contribution is -2.28. The van der Waals surface area contributed by atoms with Crippen molar-refractivity contribution in [3.8, 4) is 0 Å². The summed E-state index contributed by atoms with van der Waals surface area (Å²) in [7, 11) is 0. The normalized spacial score (nSPS) is 31.8. The quantitative estimate of drug-likeness (QED) is 0.667. The predicted molar refractivity (Wildman–Crippen MR) is 40.5 cm³/mol. The molecule has 1 unspecified atom stereocenters. The van der Waals surface area contributed by atoms with Gasteiger partial charge in [-0.3, -0.25) is 0 Å². The molecule has 0 spiro atoms. The van der Waals surface area contributed by atoms with Crippen LogP contribution in [0.25, 0.3) is 0 Å². The van der Waals surface area contributed by atoms with Gasteiger partial charge >= 0.3 is 11.9 Å². The van der Waals surface area contributed by atoms with Crippen LogP contribution in [-0.2, 0) is 9.53 Å². The summed E-state index contributed by atoms with van der Waals surface area (Å²) in [6, 6.07) is 0.452. The van der Waals surface area contributed by atoms with Crippen LogP contribution in [0.2, 0.25) is 0 Å². The average molecular weight is 191 g/mol. The average Bonchev–Trinajstić information content (AvgIpc) is 2.78. The van der Waals surface area contributed by atoms with E-state index in [1.165, 1.54) is 0 Å². The first-order chi connectivity index (χ1) is 6.08. The van der Waals surface area contributed by atoms with Crippen LogP contribution in [0.3, 0.4) is 0 Å². The van der Waals surface area contributed by atoms with Crippen LogP contribution in [0.1, 0.15) is 19.3 Å². The lowest BCUT2D eigenvalue weighted by Gasteiger charge is -2.08. The molecule has 0 amide bonds. The van der Waals surface area contributed by atoms with E-state index in [1.807, 2.05) is 0 Å². The molecule has 1 aliphatic carbocycles. The van der Waals surface area contributed by atoms with Gasteiger partial charge in [-0.2, -0.15) is 8.78 Å². The number of alkyl halides is 2. The van der Waals surface area contributed by atoms with Gasteiger partial charge in [-0.05, 0) is 12.8 Å². The molecule has 1 atom stereocenters. The molecule has 74 valence electrons. The minimum Gasteiger partial charge on any atom is -0.456 e. The summed E-state index contributed by atoms with van der Waals surface area (Å²) in [4.78, 5) is 10.6. The van der Waals surface area contributed by atoms with Crippen molar-refractivity contribution in [1.82, 2.24) is 5.32 Å². The highest BCUT2D eigenvalue weighted by atomic mass is 19.3. The predicted octanol–water partition coefficient (Wildman–Crippen LogP) is 0.689. The van der Waals surface area contributed by atoms with Crippen molar-refractivity contribution in [1.29, 1.82) is 0 Å². The highest BCUT2D eigenvalue weighted by Gasteiger charge is 2.50. The van der Waals surface area contributed by atoms with E-state index >= 15 is 0 Å². The molecule has 0 aromatic carbocycles. The zero-order valence-corrected chi connectivity index (χ0v) is 7.06. The monoisotopic (exact) mass is 191 g/mol. The number of rotatable bonds is 3. The van der Waals surface area contributed by atoms with Crippen molar-refractivity contribution in [3.05, 3.63) is 0 Å². The Balaban J connectivity index is 1.79. The van der Waals surface area contributed by atoms with Crippen LogP contribution in [-0.4, -0.2) is 30.6 Å². The van der Waals surface area contributed by atoms with Gasteiger partial charge in [0, 0.05) is 12.6 Å². The van der Waals surface area contributed by atoms with Crippen molar-refractivity contribution >= 4 is 5.97 Å². The first-order valence-electron chi connectivity index (χ1n) is 4.40. The van der Waals surface area contributed by atoms with E-state index < -0.39 is 24.4 Å². The summed E-state index contributed by atoms with van der Waals surface area (Å²) >= 11 is 0. The van der Waals surface area contributed by atoms with Crippen molar-refractivity contribution in [3.63, 3.8) is 0 Å². The zero-order valence-electron chi connectivity index (χ0n) is 7.06. The lowest BCUT2D eigenvalue weighted by molar-refractivity contribution is -0.159. The Kier molecular flexibility index (Phi) is 1.98. The Morgan fingerprint density at radius 1 is 1.54 bits per heavy atom. The van der Waals surface area contributed by atoms with Gasteiger partial charge < -0.3 is 10.1 Å². The summed E-state index contributed by atoms with van der Waals surface area (Å²) in [5.74, 6) is -4.65. The molecule has 0 radical (unpaired) electrons. The van der Waals surface area contributed by atoms with Gasteiger partial charge in [0.2, 0.25) is 0 Å². The molecule has 1 aliphatic heterocycles. The second-order valence-corrected chi connectivity index (χ2v) is 3.62. The fourth-order valence-corrected chi connectivity index (χ4v) is 1.35. The summed E-state index contributed by atoms with van der Waals surface area (Å²) in [6.45, 7) is 0.353. The molecule has 3 nitrogen and oxygen atoms in total. The molecule has 1 N–H and O–H groups in total. The second-order valence-electron chi connectivity index (χ2n) is 3.62. The lowest BCUT2D eigenvalue weighted by atomic mass is 10.2. The Morgan fingerprint density at radius 2 is 2.23 bits per heavy atom. The third-order valence-corrected chi connectivity index (χ3v) is 2.27. The van der Waals surface area contributed by atoms with Gasteiger partial charge in [-0.25, -0.2) is 4.79 Å². The van der Waals surface area contributed by atoms with Gasteiger partial charge in [0.15, 0.2) is 0 Å². The summed E-state index contributed by atoms with van der Waals surface area (Å²) in [5.41, 5.74) is 0. The smallest absolute Gasteiger partial charge is 0.377 e. The maximum Gasteiger partial charge on any atom is 0.377 e. The van der Waals surface area contributed by atoms with Gasteiger partial charge in [0.1, 0.15) is 6.10 Å². The minimum absolute atomic E-state index is 0.353. The van der Waals surface area contributed by atoms with E-state index in [-0.39, 0.29) is 0 Å². The molecule has 0 bridgehead atoms. The highest BCUT2D eigenvalue weighted by Crippen LogP contribution is 2.31. The SMILES string of the molecule is O=C1OC(CNC2CC2)CC1(F)F. The summed E-state index contributed by atoms with van der Waals surface area (Å²) < 4.78 is 29.8. The third-order valence-electron chi connectivity index (χ3n) is 2.27. The number of carbonyl (C=O) groups excluding carboxylic acids is 1. The Hall–Kier alpha value is -0.710. The second kappa shape index (κ2) is 2.90. The zero-order chi connectivity index (χ0) is 9.47. The van der Waals surface area contributed by atoms with E-state index in [4.69, 9.17) is 0 Å². The first kappa shape index (κ1) is 8.87. The van der Waals surface area contributed by atoms with Gasteiger partial charge in [-0.15, -0.1) is 0 Å². The number of ether oxygens (including phenoxy) is 1. The third kappa shape index (κ3) is 1.96. The van der Waals surface area contributed by atoms with E-state index in [2.05, 4.69) is 10.1 Å². The van der Waals surface area contributed by atoms with Crippen molar-refractivity contribution in [2.45, 2.75) is 37.3 Å². The molecule has 1 heterocycles. The number of carbonyl (C=O) groups is 1. The number of hydrogen-bond acceptors (Lipinski definition) is 3. The summed E-state index contributed by atoms with van der Waals surface area (Å²) in [5, 5.41) is 3.05. The van der Waals surface area contributed by atoms with Crippen LogP contribution in [0.5, 0.6) is 0 Å². The maximum absolute atomic E-state index is 12.6. The molecule has 2 fully saturated rings. The number of esters is 1. The molecule has 5 heteroatoms. The van der Waals surface area contributed by atoms with Gasteiger partial charge in [0.25, 0.3) is 0 Å². The van der Waals surface area contributed by atoms with E-state index in [0.29, 0.717) is 12.6 Å². The molecule has 13 heavy (non-hydrogen) atoms. The fraction of sp³-hybridized carbons (Fsp3) is 0.875. The molecule has 0 aromatic heterocycles. The van der Waals surface area contributed by atoms with Crippen molar-refractivity contribution in [2.75, 3.05) is 6.54 Å². The van der Waals surface area contributed by atoms with Crippen LogP contribution in [0.15, 0.2) is 0 Å². The van der Waals surface area contributed by atoms with Crippen molar-refractivity contribution in [2.24, 2.45) is 0 Å². The largest absolute Gasteiger partial charge is 0.456 e. The van der Waals surface area contributed by atoms with Gasteiger partial charge in [0.05, 0.1) is 6.42 Å². The van der Waals surface area contributed by atoms with Crippen LogP contribution in [0.4, 0.5) is 8.78 Å². The molecule has 0 aromatic rings. The topological polar surface area (TPSA) is 38.3 Å². The van der Waals surface area contributed by atoms with E-state index in [9.17, 15) is 13.6 Å². The Labute approximate surface area is 74.4 Å². The molecular formula is C8H11F2NO2. The molecule has 2 rings (SSSR count). The standard InChI is InChI=1S/C8H11F2NO2/c9-8(10)3-6(13-7(8)12)4-11-5-1-2-5/h5-6,11H,1-4H2. The minimum atomic E-state index is -3.27. The molecular weight excluding hydrogens is 180 g/mol. The highest BCUT2D eigenvalue weighted by molar-refractivity contribution is 5.79. The van der Waals surface area contributed by atoms with Crippen LogP contribution in [0, 0.1) is 0 Å². The van der Waals surface area contributed by atoms with Crippen LogP contribution < -0.4 is 5.32 Å². The van der Waals surface area contributed by atoms with E-state index in [0.717, 1.165) is 12.8 Å². The van der Waals surface area contributed by atoms with Crippen LogP contribution >= 0.6 is 0 Å². The Morgan fingerprint density at radius 3 is 2.69 bits per heavy atom. The van der Waals surface area contributed by atoms with E-state index in [1.54, 1.807) is 0 Å². The number of nitrogens with one attached hydrogen (secondary N) is 1. The fourth-order valence-electron chi connectivity index (χ4n) is 1.35. The molecule has 1 saturated heterocycles. The number of halogens is 2. The first-order valence-corrected chi connectivity index (χ1v) is 4.40. The van der Waals surface area contributed by atoms with Gasteiger partial charge in [-0.1, -0.05) is 0 Å². The molecule has 1 saturated carbocycles. The van der Waals surface area contributed by atoms with Crippen molar-refractivity contribution < 1.29 is 18.3 Å². The number of cyclic esters (lactones) is 1. The summed E-state index contributed by atoms with van der Waals surface area (Å²) in [6.07, 6.45) is 1.06. The molecule has 2 aliphatic rings. The maximum atomic E-state index is 12.6. The number of hydrogen-bond donors (Lipinski definition) is 1.